The van der Waals surface area contributed by atoms with E-state index in [1.165, 1.54) is 11.3 Å². The third-order valence-electron chi connectivity index (χ3n) is 3.18. The molecule has 0 spiro atoms. The summed E-state index contributed by atoms with van der Waals surface area (Å²) in [5.41, 5.74) is 1.54. The van der Waals surface area contributed by atoms with Gasteiger partial charge in [0.2, 0.25) is 0 Å². The molecular weight excluding hydrogens is 316 g/mol. The Labute approximate surface area is 138 Å². The van der Waals surface area contributed by atoms with Gasteiger partial charge in [-0.05, 0) is 40.1 Å². The third kappa shape index (κ3) is 5.08. The summed E-state index contributed by atoms with van der Waals surface area (Å²) >= 11 is 1.45. The lowest BCUT2D eigenvalue weighted by Gasteiger charge is -2.11. The first-order valence-corrected chi connectivity index (χ1v) is 7.93. The predicted octanol–water partition coefficient (Wildman–Crippen LogP) is 1.22. The van der Waals surface area contributed by atoms with Crippen LogP contribution in [0.5, 0.6) is 5.75 Å². The molecule has 2 aromatic rings. The summed E-state index contributed by atoms with van der Waals surface area (Å²) in [5, 5.41) is 18.4. The van der Waals surface area contributed by atoms with Crippen molar-refractivity contribution in [2.24, 2.45) is 0 Å². The molecule has 3 N–H and O–H groups in total. The monoisotopic (exact) mass is 334 g/mol. The van der Waals surface area contributed by atoms with Gasteiger partial charge < -0.3 is 20.5 Å². The maximum absolute atomic E-state index is 11.7. The van der Waals surface area contributed by atoms with Gasteiger partial charge in [0, 0.05) is 13.1 Å². The minimum absolute atomic E-state index is 0.0118. The molecule has 1 aromatic carbocycles. The highest BCUT2D eigenvalue weighted by Crippen LogP contribution is 2.15. The fraction of sp³-hybridized carbons (Fsp3) is 0.250. The number of carbonyl (C=O) groups excluding carboxylic acids is 2. The van der Waals surface area contributed by atoms with Crippen molar-refractivity contribution in [2.45, 2.75) is 12.6 Å². The van der Waals surface area contributed by atoms with Crippen LogP contribution in [0.4, 0.5) is 0 Å². The number of hydrogen-bond donors (Lipinski definition) is 3. The molecule has 1 unspecified atom stereocenters. The van der Waals surface area contributed by atoms with Crippen LogP contribution in [0.15, 0.2) is 41.1 Å². The Bertz CT molecular complexity index is 658. The fourth-order valence-corrected chi connectivity index (χ4v) is 2.60. The van der Waals surface area contributed by atoms with E-state index in [2.05, 4.69) is 10.6 Å². The van der Waals surface area contributed by atoms with Crippen LogP contribution in [-0.2, 0) is 16.1 Å². The van der Waals surface area contributed by atoms with E-state index in [0.717, 1.165) is 5.56 Å². The van der Waals surface area contributed by atoms with Crippen LogP contribution in [0, 0.1) is 0 Å². The Morgan fingerprint density at radius 2 is 2.04 bits per heavy atom. The highest BCUT2D eigenvalue weighted by atomic mass is 32.1. The van der Waals surface area contributed by atoms with Crippen LogP contribution in [0.25, 0.3) is 0 Å². The van der Waals surface area contributed by atoms with E-state index in [9.17, 15) is 14.7 Å². The Hall–Kier alpha value is -2.38. The number of nitrogens with one attached hydrogen (secondary N) is 2. The quantitative estimate of drug-likeness (QED) is 0.693. The smallest absolute Gasteiger partial charge is 0.309 e. The molecule has 1 atom stereocenters. The first kappa shape index (κ1) is 17.0. The van der Waals surface area contributed by atoms with Crippen molar-refractivity contribution in [3.63, 3.8) is 0 Å². The van der Waals surface area contributed by atoms with Crippen LogP contribution < -0.4 is 15.4 Å². The number of aliphatic hydroxyl groups is 1. The molecule has 1 heterocycles. The second-order valence-electron chi connectivity index (χ2n) is 4.82. The van der Waals surface area contributed by atoms with Gasteiger partial charge in [-0.3, -0.25) is 9.59 Å². The molecular formula is C16H18N2O4S. The second kappa shape index (κ2) is 8.30. The maximum atomic E-state index is 11.7. The van der Waals surface area contributed by atoms with Crippen molar-refractivity contribution in [3.8, 4) is 5.75 Å². The van der Waals surface area contributed by atoms with Gasteiger partial charge in [-0.15, -0.1) is 0 Å². The largest absolute Gasteiger partial charge is 0.497 e. The molecule has 0 saturated heterocycles. The molecule has 0 bridgehead atoms. The molecule has 2 rings (SSSR count). The van der Waals surface area contributed by atoms with E-state index in [0.29, 0.717) is 11.3 Å². The zero-order valence-electron chi connectivity index (χ0n) is 12.6. The van der Waals surface area contributed by atoms with Gasteiger partial charge in [0.1, 0.15) is 5.75 Å². The standard InChI is InChI=1S/C16H18N2O4S/c1-22-13-4-2-3-11(7-13)8-17-15(20)16(21)18-9-14(19)12-5-6-23-10-12/h2-7,10,14,19H,8-9H2,1H3,(H,17,20)(H,18,21). The van der Waals surface area contributed by atoms with Crippen molar-refractivity contribution in [2.75, 3.05) is 13.7 Å². The van der Waals surface area contributed by atoms with Crippen LogP contribution in [0.3, 0.4) is 0 Å². The maximum Gasteiger partial charge on any atom is 0.309 e. The molecule has 0 aliphatic rings. The van der Waals surface area contributed by atoms with Gasteiger partial charge in [-0.1, -0.05) is 12.1 Å². The summed E-state index contributed by atoms with van der Waals surface area (Å²) in [6, 6.07) is 8.96. The molecule has 0 aliphatic heterocycles. The summed E-state index contributed by atoms with van der Waals surface area (Å²) in [6.07, 6.45) is -0.823. The van der Waals surface area contributed by atoms with Crippen LogP contribution in [-0.4, -0.2) is 30.6 Å². The molecule has 23 heavy (non-hydrogen) atoms. The Balaban J connectivity index is 1.77. The van der Waals surface area contributed by atoms with E-state index in [4.69, 9.17) is 4.74 Å². The Kier molecular flexibility index (Phi) is 6.13. The molecule has 7 heteroatoms. The van der Waals surface area contributed by atoms with Crippen LogP contribution in [0.2, 0.25) is 0 Å². The summed E-state index contributed by atoms with van der Waals surface area (Å²) in [7, 11) is 1.56. The van der Waals surface area contributed by atoms with Crippen molar-refractivity contribution in [3.05, 3.63) is 52.2 Å². The Morgan fingerprint density at radius 1 is 1.26 bits per heavy atom. The van der Waals surface area contributed by atoms with Crippen LogP contribution >= 0.6 is 11.3 Å². The van der Waals surface area contributed by atoms with Gasteiger partial charge in [0.25, 0.3) is 0 Å². The number of methoxy groups -OCH3 is 1. The zero-order chi connectivity index (χ0) is 16.7. The zero-order valence-corrected chi connectivity index (χ0v) is 13.4. The van der Waals surface area contributed by atoms with E-state index in [1.54, 1.807) is 36.8 Å². The number of hydrogen-bond acceptors (Lipinski definition) is 5. The van der Waals surface area contributed by atoms with Gasteiger partial charge in [-0.2, -0.15) is 11.3 Å². The highest BCUT2D eigenvalue weighted by molar-refractivity contribution is 7.07. The van der Waals surface area contributed by atoms with Gasteiger partial charge in [0.15, 0.2) is 0 Å². The van der Waals surface area contributed by atoms with Gasteiger partial charge in [0.05, 0.1) is 13.2 Å². The number of rotatable bonds is 6. The first-order chi connectivity index (χ1) is 11.1. The number of ether oxygens (including phenoxy) is 1. The normalized spacial score (nSPS) is 11.6. The second-order valence-corrected chi connectivity index (χ2v) is 5.60. The van der Waals surface area contributed by atoms with E-state index < -0.39 is 17.9 Å². The fourth-order valence-electron chi connectivity index (χ4n) is 1.90. The number of amides is 2. The average Bonchev–Trinajstić information content (AvgIpc) is 3.12. The van der Waals surface area contributed by atoms with Crippen molar-refractivity contribution < 1.29 is 19.4 Å². The summed E-state index contributed by atoms with van der Waals surface area (Å²) < 4.78 is 5.09. The minimum atomic E-state index is -0.823. The minimum Gasteiger partial charge on any atom is -0.497 e. The van der Waals surface area contributed by atoms with E-state index in [1.807, 2.05) is 11.4 Å². The lowest BCUT2D eigenvalue weighted by atomic mass is 10.2. The summed E-state index contributed by atoms with van der Waals surface area (Å²) in [5.74, 6) is -0.840. The van der Waals surface area contributed by atoms with Gasteiger partial charge >= 0.3 is 11.8 Å². The SMILES string of the molecule is COc1cccc(CNC(=O)C(=O)NCC(O)c2ccsc2)c1. The van der Waals surface area contributed by atoms with Crippen LogP contribution in [0.1, 0.15) is 17.2 Å². The molecule has 0 aliphatic carbocycles. The van der Waals surface area contributed by atoms with Gasteiger partial charge in [-0.25, -0.2) is 0 Å². The predicted molar refractivity (Wildman–Crippen MR) is 87.1 cm³/mol. The van der Waals surface area contributed by atoms with Crippen molar-refractivity contribution in [1.29, 1.82) is 0 Å². The summed E-state index contributed by atoms with van der Waals surface area (Å²) in [6.45, 7) is 0.207. The number of aliphatic hydroxyl groups excluding tert-OH is 1. The first-order valence-electron chi connectivity index (χ1n) is 6.99. The topological polar surface area (TPSA) is 87.7 Å². The Morgan fingerprint density at radius 3 is 2.74 bits per heavy atom. The average molecular weight is 334 g/mol. The lowest BCUT2D eigenvalue weighted by molar-refractivity contribution is -0.139. The molecule has 0 radical (unpaired) electrons. The number of thiophene rings is 1. The molecule has 0 fully saturated rings. The van der Waals surface area contributed by atoms with Crippen molar-refractivity contribution in [1.82, 2.24) is 10.6 Å². The highest BCUT2D eigenvalue weighted by Gasteiger charge is 2.15. The molecule has 1 aromatic heterocycles. The molecule has 122 valence electrons. The molecule has 0 saturated carbocycles. The van der Waals surface area contributed by atoms with Crippen molar-refractivity contribution >= 4 is 23.2 Å². The molecule has 2 amide bonds. The third-order valence-corrected chi connectivity index (χ3v) is 3.88. The summed E-state index contributed by atoms with van der Waals surface area (Å²) in [4.78, 5) is 23.4. The number of benzene rings is 1. The van der Waals surface area contributed by atoms with E-state index >= 15 is 0 Å². The lowest BCUT2D eigenvalue weighted by Crippen LogP contribution is -2.41. The van der Waals surface area contributed by atoms with E-state index in [-0.39, 0.29) is 13.1 Å². The number of carbonyl (C=O) groups is 2. The molecule has 6 nitrogen and oxygen atoms in total.